The van der Waals surface area contributed by atoms with Crippen molar-refractivity contribution in [2.45, 2.75) is 24.9 Å². The third-order valence-corrected chi connectivity index (χ3v) is 4.53. The number of aromatic nitrogens is 3. The van der Waals surface area contributed by atoms with E-state index in [0.717, 1.165) is 4.47 Å². The van der Waals surface area contributed by atoms with Crippen LogP contribution in [0.5, 0.6) is 0 Å². The second-order valence-corrected chi connectivity index (χ2v) is 6.49. The van der Waals surface area contributed by atoms with Gasteiger partial charge in [0, 0.05) is 11.0 Å². The Labute approximate surface area is 120 Å². The minimum Gasteiger partial charge on any atom is -0.317 e. The fraction of sp³-hybridized carbons (Fsp3) is 0.273. The third-order valence-electron chi connectivity index (χ3n) is 2.58. The molecule has 0 amide bonds. The van der Waals surface area contributed by atoms with Crippen molar-refractivity contribution in [3.63, 3.8) is 0 Å². The van der Waals surface area contributed by atoms with Gasteiger partial charge in [0.1, 0.15) is 12.2 Å². The maximum Gasteiger partial charge on any atom is 0.240 e. The van der Waals surface area contributed by atoms with Crippen molar-refractivity contribution in [2.24, 2.45) is 0 Å². The van der Waals surface area contributed by atoms with Gasteiger partial charge in [-0.05, 0) is 31.2 Å². The molecule has 0 fully saturated rings. The molecule has 1 aromatic carbocycles. The first-order valence-electron chi connectivity index (χ1n) is 5.65. The van der Waals surface area contributed by atoms with Crippen molar-refractivity contribution >= 4 is 26.0 Å². The zero-order valence-corrected chi connectivity index (χ0v) is 12.6. The van der Waals surface area contributed by atoms with Crippen LogP contribution in [0.4, 0.5) is 0 Å². The number of benzene rings is 1. The molecule has 0 saturated heterocycles. The lowest BCUT2D eigenvalue weighted by Gasteiger charge is -2.07. The second-order valence-electron chi connectivity index (χ2n) is 3.81. The highest BCUT2D eigenvalue weighted by Gasteiger charge is 2.14. The van der Waals surface area contributed by atoms with Crippen LogP contribution in [-0.2, 0) is 23.1 Å². The van der Waals surface area contributed by atoms with Crippen LogP contribution in [0.2, 0.25) is 0 Å². The Morgan fingerprint density at radius 1 is 1.32 bits per heavy atom. The molecule has 1 N–H and O–H groups in total. The van der Waals surface area contributed by atoms with Crippen LogP contribution in [-0.4, -0.2) is 23.2 Å². The Bertz CT molecular complexity index is 652. The molecule has 0 radical (unpaired) electrons. The predicted octanol–water partition coefficient (Wildman–Crippen LogP) is 1.54. The maximum absolute atomic E-state index is 12.1. The van der Waals surface area contributed by atoms with Gasteiger partial charge >= 0.3 is 0 Å². The van der Waals surface area contributed by atoms with Crippen LogP contribution in [0, 0.1) is 0 Å². The summed E-state index contributed by atoms with van der Waals surface area (Å²) in [7, 11) is -3.53. The molecule has 0 bridgehead atoms. The predicted molar refractivity (Wildman–Crippen MR) is 73.9 cm³/mol. The van der Waals surface area contributed by atoms with Gasteiger partial charge in [-0.2, -0.15) is 0 Å². The standard InChI is InChI=1S/C11H13BrN4O2S/c1-2-16-8-13-15-11(16)7-14-19(17,18)10-5-3-9(12)4-6-10/h3-6,8,14H,2,7H2,1H3. The molecule has 8 heteroatoms. The molecule has 6 nitrogen and oxygen atoms in total. The summed E-state index contributed by atoms with van der Waals surface area (Å²) in [5.74, 6) is 0.586. The van der Waals surface area contributed by atoms with Crippen molar-refractivity contribution in [1.82, 2.24) is 19.5 Å². The Kier molecular flexibility index (Phi) is 4.33. The van der Waals surface area contributed by atoms with Gasteiger partial charge < -0.3 is 4.57 Å². The highest BCUT2D eigenvalue weighted by molar-refractivity contribution is 9.10. The van der Waals surface area contributed by atoms with Gasteiger partial charge in [0.25, 0.3) is 0 Å². The smallest absolute Gasteiger partial charge is 0.240 e. The Morgan fingerprint density at radius 2 is 2.00 bits per heavy atom. The third kappa shape index (κ3) is 3.40. The molecule has 102 valence electrons. The first-order chi connectivity index (χ1) is 9.03. The lowest BCUT2D eigenvalue weighted by atomic mass is 10.4. The number of hydrogen-bond donors (Lipinski definition) is 1. The Balaban J connectivity index is 2.12. The summed E-state index contributed by atoms with van der Waals surface area (Å²) in [5, 5.41) is 7.63. The average Bonchev–Trinajstić information content (AvgIpc) is 2.84. The van der Waals surface area contributed by atoms with E-state index in [4.69, 9.17) is 0 Å². The van der Waals surface area contributed by atoms with Gasteiger partial charge in [-0.15, -0.1) is 10.2 Å². The minimum atomic E-state index is -3.53. The molecule has 2 aromatic rings. The quantitative estimate of drug-likeness (QED) is 0.892. The molecule has 1 heterocycles. The molecule has 0 aliphatic carbocycles. The number of nitrogens with one attached hydrogen (secondary N) is 1. The minimum absolute atomic E-state index is 0.117. The molecule has 0 aliphatic heterocycles. The van der Waals surface area contributed by atoms with Crippen LogP contribution < -0.4 is 4.72 Å². The van der Waals surface area contributed by atoms with Gasteiger partial charge in [0.2, 0.25) is 10.0 Å². The monoisotopic (exact) mass is 344 g/mol. The highest BCUT2D eigenvalue weighted by atomic mass is 79.9. The van der Waals surface area contributed by atoms with Crippen molar-refractivity contribution < 1.29 is 8.42 Å². The number of rotatable bonds is 5. The Hall–Kier alpha value is -1.25. The molecular weight excluding hydrogens is 332 g/mol. The largest absolute Gasteiger partial charge is 0.317 e. The number of sulfonamides is 1. The van der Waals surface area contributed by atoms with E-state index in [2.05, 4.69) is 30.8 Å². The molecule has 0 saturated carbocycles. The number of hydrogen-bond acceptors (Lipinski definition) is 4. The molecule has 0 aliphatic rings. The van der Waals surface area contributed by atoms with E-state index >= 15 is 0 Å². The zero-order chi connectivity index (χ0) is 13.9. The summed E-state index contributed by atoms with van der Waals surface area (Å²) in [6, 6.07) is 6.44. The van der Waals surface area contributed by atoms with E-state index in [0.29, 0.717) is 12.4 Å². The van der Waals surface area contributed by atoms with Crippen LogP contribution in [0.25, 0.3) is 0 Å². The molecule has 2 rings (SSSR count). The van der Waals surface area contributed by atoms with Gasteiger partial charge in [-0.3, -0.25) is 0 Å². The van der Waals surface area contributed by atoms with Crippen LogP contribution in [0.15, 0.2) is 40.0 Å². The van der Waals surface area contributed by atoms with Gasteiger partial charge in [0.05, 0.1) is 11.4 Å². The molecule has 1 aromatic heterocycles. The molecule has 19 heavy (non-hydrogen) atoms. The molecular formula is C11H13BrN4O2S. The normalized spacial score (nSPS) is 11.7. The van der Waals surface area contributed by atoms with E-state index in [1.807, 2.05) is 6.92 Å². The lowest BCUT2D eigenvalue weighted by Crippen LogP contribution is -2.25. The summed E-state index contributed by atoms with van der Waals surface area (Å²) in [5.41, 5.74) is 0. The van der Waals surface area contributed by atoms with Crippen molar-refractivity contribution in [3.8, 4) is 0 Å². The van der Waals surface area contributed by atoms with E-state index in [-0.39, 0.29) is 11.4 Å². The van der Waals surface area contributed by atoms with Crippen LogP contribution in [0.3, 0.4) is 0 Å². The molecule has 0 atom stereocenters. The van der Waals surface area contributed by atoms with E-state index in [1.165, 1.54) is 12.1 Å². The van der Waals surface area contributed by atoms with Crippen LogP contribution >= 0.6 is 15.9 Å². The number of aryl methyl sites for hydroxylation is 1. The fourth-order valence-corrected chi connectivity index (χ4v) is 2.78. The van der Waals surface area contributed by atoms with Crippen molar-refractivity contribution in [3.05, 3.63) is 40.9 Å². The van der Waals surface area contributed by atoms with Crippen LogP contribution in [0.1, 0.15) is 12.7 Å². The summed E-state index contributed by atoms with van der Waals surface area (Å²) in [6.07, 6.45) is 1.57. The first-order valence-corrected chi connectivity index (χ1v) is 7.92. The Morgan fingerprint density at radius 3 is 2.63 bits per heavy atom. The fourth-order valence-electron chi connectivity index (χ4n) is 1.54. The van der Waals surface area contributed by atoms with Crippen molar-refractivity contribution in [2.75, 3.05) is 0 Å². The molecule has 0 unspecified atom stereocenters. The molecule has 0 spiro atoms. The highest BCUT2D eigenvalue weighted by Crippen LogP contribution is 2.14. The topological polar surface area (TPSA) is 76.9 Å². The van der Waals surface area contributed by atoms with E-state index < -0.39 is 10.0 Å². The van der Waals surface area contributed by atoms with E-state index in [9.17, 15) is 8.42 Å². The van der Waals surface area contributed by atoms with Gasteiger partial charge in [-0.25, -0.2) is 13.1 Å². The van der Waals surface area contributed by atoms with Crippen molar-refractivity contribution in [1.29, 1.82) is 0 Å². The van der Waals surface area contributed by atoms with E-state index in [1.54, 1.807) is 23.0 Å². The SMILES string of the molecule is CCn1cnnc1CNS(=O)(=O)c1ccc(Br)cc1. The summed E-state index contributed by atoms with van der Waals surface area (Å²) < 4.78 is 29.2. The first kappa shape index (κ1) is 14.2. The number of nitrogens with zero attached hydrogens (tertiary/aromatic N) is 3. The summed E-state index contributed by atoms with van der Waals surface area (Å²) in [4.78, 5) is 0.221. The van der Waals surface area contributed by atoms with Gasteiger partial charge in [0.15, 0.2) is 0 Å². The average molecular weight is 345 g/mol. The second kappa shape index (κ2) is 5.81. The summed E-state index contributed by atoms with van der Waals surface area (Å²) >= 11 is 3.26. The van der Waals surface area contributed by atoms with Gasteiger partial charge in [-0.1, -0.05) is 15.9 Å². The maximum atomic E-state index is 12.1. The lowest BCUT2D eigenvalue weighted by molar-refractivity contribution is 0.575. The number of halogens is 1. The summed E-state index contributed by atoms with van der Waals surface area (Å²) in [6.45, 7) is 2.75. The zero-order valence-electron chi connectivity index (χ0n) is 10.2.